The predicted octanol–water partition coefficient (Wildman–Crippen LogP) is 1.79. The van der Waals surface area contributed by atoms with Crippen LogP contribution in [0.4, 0.5) is 0 Å². The number of carbonyl (C=O) groups excluding carboxylic acids is 1. The lowest BCUT2D eigenvalue weighted by atomic mass is 10.1. The number of rotatable bonds is 4. The van der Waals surface area contributed by atoms with Crippen molar-refractivity contribution in [2.75, 3.05) is 39.9 Å². The summed E-state index contributed by atoms with van der Waals surface area (Å²) in [4.78, 5) is 14.3. The van der Waals surface area contributed by atoms with Gasteiger partial charge in [0.15, 0.2) is 11.5 Å². The van der Waals surface area contributed by atoms with Gasteiger partial charge >= 0.3 is 0 Å². The van der Waals surface area contributed by atoms with E-state index in [4.69, 9.17) is 21.1 Å². The number of ether oxygens (including phenoxy) is 2. The molecule has 2 rings (SSSR count). The number of nitrogens with zero attached hydrogens (tertiary/aromatic N) is 1. The van der Waals surface area contributed by atoms with Gasteiger partial charge in [-0.05, 0) is 19.1 Å². The van der Waals surface area contributed by atoms with Gasteiger partial charge in [-0.1, -0.05) is 11.6 Å². The first-order chi connectivity index (χ1) is 9.67. The van der Waals surface area contributed by atoms with Gasteiger partial charge in [0.05, 0.1) is 18.7 Å². The van der Waals surface area contributed by atoms with Gasteiger partial charge in [0, 0.05) is 31.7 Å². The van der Waals surface area contributed by atoms with Crippen molar-refractivity contribution in [1.82, 2.24) is 10.2 Å². The molecule has 0 saturated carbocycles. The molecule has 1 saturated heterocycles. The summed E-state index contributed by atoms with van der Waals surface area (Å²) in [5, 5.41) is 3.60. The molecule has 0 bridgehead atoms. The van der Waals surface area contributed by atoms with Crippen molar-refractivity contribution in [2.45, 2.75) is 6.92 Å². The van der Waals surface area contributed by atoms with Gasteiger partial charge < -0.3 is 19.7 Å². The number of piperazine rings is 1. The van der Waals surface area contributed by atoms with Crippen LogP contribution in [0.1, 0.15) is 17.3 Å². The number of amides is 1. The Kier molecular flexibility index (Phi) is 5.09. The molecule has 1 amide bonds. The van der Waals surface area contributed by atoms with Crippen LogP contribution in [0.3, 0.4) is 0 Å². The Balaban J connectivity index is 2.29. The Hall–Kier alpha value is -1.46. The van der Waals surface area contributed by atoms with Crippen molar-refractivity contribution in [3.63, 3.8) is 0 Å². The first-order valence-electron chi connectivity index (χ1n) is 6.67. The number of benzene rings is 1. The molecule has 6 heteroatoms. The van der Waals surface area contributed by atoms with Gasteiger partial charge in [-0.15, -0.1) is 0 Å². The quantitative estimate of drug-likeness (QED) is 0.921. The molecule has 1 N–H and O–H groups in total. The first kappa shape index (κ1) is 14.9. The molecule has 110 valence electrons. The topological polar surface area (TPSA) is 50.8 Å². The monoisotopic (exact) mass is 298 g/mol. The van der Waals surface area contributed by atoms with Crippen LogP contribution in [-0.4, -0.2) is 50.7 Å². The maximum atomic E-state index is 12.5. The van der Waals surface area contributed by atoms with E-state index in [0.717, 1.165) is 13.1 Å². The van der Waals surface area contributed by atoms with Crippen LogP contribution in [0, 0.1) is 0 Å². The maximum Gasteiger partial charge on any atom is 0.254 e. The molecule has 1 aliphatic heterocycles. The largest absolute Gasteiger partial charge is 0.491 e. The third kappa shape index (κ3) is 3.16. The molecular weight excluding hydrogens is 280 g/mol. The summed E-state index contributed by atoms with van der Waals surface area (Å²) in [7, 11) is 1.53. The Labute approximate surface area is 123 Å². The van der Waals surface area contributed by atoms with Gasteiger partial charge in [-0.2, -0.15) is 0 Å². The summed E-state index contributed by atoms with van der Waals surface area (Å²) >= 11 is 6.17. The third-order valence-electron chi connectivity index (χ3n) is 3.16. The lowest BCUT2D eigenvalue weighted by molar-refractivity contribution is 0.0735. The average molecular weight is 299 g/mol. The van der Waals surface area contributed by atoms with Gasteiger partial charge in [0.2, 0.25) is 0 Å². The fraction of sp³-hybridized carbons (Fsp3) is 0.500. The van der Waals surface area contributed by atoms with Crippen molar-refractivity contribution < 1.29 is 14.3 Å². The summed E-state index contributed by atoms with van der Waals surface area (Å²) in [6, 6.07) is 3.33. The van der Waals surface area contributed by atoms with E-state index in [1.54, 1.807) is 12.1 Å². The second-order valence-electron chi connectivity index (χ2n) is 4.46. The van der Waals surface area contributed by atoms with E-state index in [-0.39, 0.29) is 5.91 Å². The van der Waals surface area contributed by atoms with E-state index in [1.165, 1.54) is 7.11 Å². The van der Waals surface area contributed by atoms with Crippen LogP contribution >= 0.6 is 11.6 Å². The Morgan fingerprint density at radius 2 is 2.10 bits per heavy atom. The molecule has 1 aromatic rings. The van der Waals surface area contributed by atoms with Crippen LogP contribution in [-0.2, 0) is 0 Å². The van der Waals surface area contributed by atoms with Gasteiger partial charge in [-0.25, -0.2) is 0 Å². The molecule has 20 heavy (non-hydrogen) atoms. The molecule has 5 nitrogen and oxygen atoms in total. The standard InChI is InChI=1S/C14H19ClN2O3/c1-3-20-12-9-10(8-11(15)13(12)19-2)14(18)17-6-4-16-5-7-17/h8-9,16H,3-7H2,1-2H3. The smallest absolute Gasteiger partial charge is 0.254 e. The molecule has 1 heterocycles. The molecule has 0 unspecified atom stereocenters. The molecule has 0 spiro atoms. The zero-order chi connectivity index (χ0) is 14.5. The fourth-order valence-electron chi connectivity index (χ4n) is 2.20. The zero-order valence-electron chi connectivity index (χ0n) is 11.7. The molecule has 0 aliphatic carbocycles. The van der Waals surface area contributed by atoms with Crippen LogP contribution in [0.5, 0.6) is 11.5 Å². The Morgan fingerprint density at radius 1 is 1.40 bits per heavy atom. The average Bonchev–Trinajstić information content (AvgIpc) is 2.47. The van der Waals surface area contributed by atoms with Crippen molar-refractivity contribution >= 4 is 17.5 Å². The van der Waals surface area contributed by atoms with Gasteiger partial charge in [-0.3, -0.25) is 4.79 Å². The highest BCUT2D eigenvalue weighted by molar-refractivity contribution is 6.32. The molecular formula is C14H19ClN2O3. The Morgan fingerprint density at radius 3 is 2.70 bits per heavy atom. The van der Waals surface area contributed by atoms with E-state index >= 15 is 0 Å². The minimum atomic E-state index is -0.0305. The summed E-state index contributed by atoms with van der Waals surface area (Å²) in [5.74, 6) is 0.934. The Bertz CT molecular complexity index is 488. The second kappa shape index (κ2) is 6.81. The van der Waals surface area contributed by atoms with E-state index in [9.17, 15) is 4.79 Å². The highest BCUT2D eigenvalue weighted by Gasteiger charge is 2.21. The molecule has 1 fully saturated rings. The highest BCUT2D eigenvalue weighted by atomic mass is 35.5. The van der Waals surface area contributed by atoms with Crippen molar-refractivity contribution in [1.29, 1.82) is 0 Å². The normalized spacial score (nSPS) is 15.1. The summed E-state index contributed by atoms with van der Waals surface area (Å²) < 4.78 is 10.7. The number of methoxy groups -OCH3 is 1. The van der Waals surface area contributed by atoms with Crippen LogP contribution < -0.4 is 14.8 Å². The van der Waals surface area contributed by atoms with Crippen LogP contribution in [0.2, 0.25) is 5.02 Å². The summed E-state index contributed by atoms with van der Waals surface area (Å²) in [5.41, 5.74) is 0.529. The molecule has 0 atom stereocenters. The lowest BCUT2D eigenvalue weighted by Gasteiger charge is -2.27. The van der Waals surface area contributed by atoms with Crippen molar-refractivity contribution in [3.05, 3.63) is 22.7 Å². The first-order valence-corrected chi connectivity index (χ1v) is 7.05. The summed E-state index contributed by atoms with van der Waals surface area (Å²) in [6.45, 7) is 5.39. The fourth-order valence-corrected chi connectivity index (χ4v) is 2.49. The molecule has 1 aromatic carbocycles. The van der Waals surface area contributed by atoms with Crippen LogP contribution in [0.15, 0.2) is 12.1 Å². The van der Waals surface area contributed by atoms with Crippen LogP contribution in [0.25, 0.3) is 0 Å². The molecule has 0 radical (unpaired) electrons. The number of hydrogen-bond donors (Lipinski definition) is 1. The second-order valence-corrected chi connectivity index (χ2v) is 4.87. The number of hydrogen-bond acceptors (Lipinski definition) is 4. The van der Waals surface area contributed by atoms with E-state index in [2.05, 4.69) is 5.32 Å². The molecule has 0 aromatic heterocycles. The zero-order valence-corrected chi connectivity index (χ0v) is 12.5. The third-order valence-corrected chi connectivity index (χ3v) is 3.45. The predicted molar refractivity (Wildman–Crippen MR) is 77.9 cm³/mol. The highest BCUT2D eigenvalue weighted by Crippen LogP contribution is 2.36. The number of nitrogens with one attached hydrogen (secondary N) is 1. The van der Waals surface area contributed by atoms with E-state index in [1.807, 2.05) is 11.8 Å². The summed E-state index contributed by atoms with van der Waals surface area (Å²) in [6.07, 6.45) is 0. The van der Waals surface area contributed by atoms with Crippen molar-refractivity contribution in [2.24, 2.45) is 0 Å². The number of carbonyl (C=O) groups is 1. The van der Waals surface area contributed by atoms with E-state index in [0.29, 0.717) is 41.8 Å². The number of halogens is 1. The minimum Gasteiger partial charge on any atom is -0.491 e. The van der Waals surface area contributed by atoms with Crippen molar-refractivity contribution in [3.8, 4) is 11.5 Å². The van der Waals surface area contributed by atoms with E-state index < -0.39 is 0 Å². The lowest BCUT2D eigenvalue weighted by Crippen LogP contribution is -2.46. The maximum absolute atomic E-state index is 12.5. The molecule has 1 aliphatic rings. The van der Waals surface area contributed by atoms with Gasteiger partial charge in [0.25, 0.3) is 5.91 Å². The van der Waals surface area contributed by atoms with Gasteiger partial charge in [0.1, 0.15) is 0 Å². The minimum absolute atomic E-state index is 0.0305. The SMILES string of the molecule is CCOc1cc(C(=O)N2CCNCC2)cc(Cl)c1OC.